The molecule has 3 aromatic carbocycles. The van der Waals surface area contributed by atoms with Gasteiger partial charge in [0.1, 0.15) is 11.8 Å². The van der Waals surface area contributed by atoms with E-state index in [1.807, 2.05) is 72.8 Å². The predicted octanol–water partition coefficient (Wildman–Crippen LogP) is 5.98. The number of carbonyl (C=O) groups excluding carboxylic acids is 2. The fourth-order valence-electron chi connectivity index (χ4n) is 4.78. The first-order valence-electron chi connectivity index (χ1n) is 13.1. The van der Waals surface area contributed by atoms with E-state index in [4.69, 9.17) is 16.3 Å². The molecule has 1 unspecified atom stereocenters. The van der Waals surface area contributed by atoms with Crippen molar-refractivity contribution in [3.63, 3.8) is 0 Å². The Morgan fingerprint density at radius 1 is 0.946 bits per heavy atom. The van der Waals surface area contributed by atoms with Crippen LogP contribution in [0.2, 0.25) is 5.02 Å². The first kappa shape index (κ1) is 26.7. The van der Waals surface area contributed by atoms with Gasteiger partial charge in [-0.05, 0) is 54.2 Å². The highest BCUT2D eigenvalue weighted by atomic mass is 35.5. The Bertz CT molecular complexity index is 1160. The van der Waals surface area contributed by atoms with E-state index in [1.54, 1.807) is 11.0 Å². The van der Waals surface area contributed by atoms with Gasteiger partial charge < -0.3 is 15.0 Å². The topological polar surface area (TPSA) is 58.6 Å². The first-order chi connectivity index (χ1) is 18.0. The number of benzene rings is 3. The van der Waals surface area contributed by atoms with Crippen molar-refractivity contribution in [2.75, 3.05) is 6.61 Å². The molecule has 2 amide bonds. The number of aryl methyl sites for hydroxylation is 1. The van der Waals surface area contributed by atoms with Gasteiger partial charge in [-0.3, -0.25) is 9.59 Å². The van der Waals surface area contributed by atoms with E-state index in [0.717, 1.165) is 43.2 Å². The molecule has 1 N–H and O–H groups in total. The molecule has 0 aromatic heterocycles. The minimum absolute atomic E-state index is 0.136. The molecule has 1 atom stereocenters. The zero-order valence-corrected chi connectivity index (χ0v) is 22.1. The van der Waals surface area contributed by atoms with Crippen molar-refractivity contribution in [3.8, 4) is 5.75 Å². The summed E-state index contributed by atoms with van der Waals surface area (Å²) in [6.45, 7) is 2.14. The van der Waals surface area contributed by atoms with Crippen LogP contribution in [0.1, 0.15) is 49.3 Å². The molecule has 0 radical (unpaired) electrons. The van der Waals surface area contributed by atoms with Crippen molar-refractivity contribution in [2.45, 2.75) is 64.1 Å². The van der Waals surface area contributed by atoms with Crippen molar-refractivity contribution >= 4 is 23.4 Å². The summed E-state index contributed by atoms with van der Waals surface area (Å²) in [5.41, 5.74) is 2.98. The van der Waals surface area contributed by atoms with Gasteiger partial charge in [0.15, 0.2) is 6.61 Å². The van der Waals surface area contributed by atoms with Crippen LogP contribution in [-0.2, 0) is 29.0 Å². The van der Waals surface area contributed by atoms with Crippen LogP contribution in [0.25, 0.3) is 0 Å². The highest BCUT2D eigenvalue weighted by molar-refractivity contribution is 6.31. The van der Waals surface area contributed by atoms with Crippen LogP contribution in [-0.4, -0.2) is 35.4 Å². The zero-order valence-electron chi connectivity index (χ0n) is 21.4. The number of amides is 2. The number of rotatable bonds is 11. The van der Waals surface area contributed by atoms with Gasteiger partial charge in [-0.2, -0.15) is 0 Å². The second-order valence-corrected chi connectivity index (χ2v) is 10.0. The molecule has 0 saturated heterocycles. The molecular formula is C31H35ClN2O3. The van der Waals surface area contributed by atoms with Crippen LogP contribution >= 0.6 is 11.6 Å². The molecule has 0 spiro atoms. The molecule has 1 saturated carbocycles. The summed E-state index contributed by atoms with van der Waals surface area (Å²) in [6.07, 6.45) is 5.50. The van der Waals surface area contributed by atoms with Crippen LogP contribution < -0.4 is 10.1 Å². The molecule has 37 heavy (non-hydrogen) atoms. The Kier molecular flexibility index (Phi) is 9.61. The first-order valence-corrected chi connectivity index (χ1v) is 13.5. The van der Waals surface area contributed by atoms with E-state index in [9.17, 15) is 9.59 Å². The SMILES string of the molecule is CCc1ccc(OCC(=O)N(Cc2ccccc2Cl)C(Cc2ccccc2)C(=O)NC2CCCC2)cc1. The summed E-state index contributed by atoms with van der Waals surface area (Å²) in [6, 6.07) is 24.4. The maximum absolute atomic E-state index is 13.7. The minimum Gasteiger partial charge on any atom is -0.484 e. The largest absolute Gasteiger partial charge is 0.484 e. The summed E-state index contributed by atoms with van der Waals surface area (Å²) >= 11 is 6.49. The van der Waals surface area contributed by atoms with E-state index >= 15 is 0 Å². The third-order valence-corrected chi connectivity index (χ3v) is 7.33. The van der Waals surface area contributed by atoms with Gasteiger partial charge in [0, 0.05) is 24.0 Å². The number of carbonyl (C=O) groups is 2. The van der Waals surface area contributed by atoms with Crippen LogP contribution in [0.5, 0.6) is 5.75 Å². The average Bonchev–Trinajstić information content (AvgIpc) is 3.44. The van der Waals surface area contributed by atoms with Gasteiger partial charge in [0.05, 0.1) is 0 Å². The summed E-state index contributed by atoms with van der Waals surface area (Å²) < 4.78 is 5.87. The van der Waals surface area contributed by atoms with Gasteiger partial charge in [-0.1, -0.05) is 92.0 Å². The Morgan fingerprint density at radius 3 is 2.30 bits per heavy atom. The van der Waals surface area contributed by atoms with Gasteiger partial charge in [-0.15, -0.1) is 0 Å². The van der Waals surface area contributed by atoms with Gasteiger partial charge in [0.2, 0.25) is 5.91 Å². The number of hydrogen-bond acceptors (Lipinski definition) is 3. The number of halogens is 1. The molecule has 0 heterocycles. The van der Waals surface area contributed by atoms with E-state index in [2.05, 4.69) is 12.2 Å². The number of ether oxygens (including phenoxy) is 1. The molecule has 194 valence electrons. The number of hydrogen-bond donors (Lipinski definition) is 1. The summed E-state index contributed by atoms with van der Waals surface area (Å²) in [5, 5.41) is 3.78. The van der Waals surface area contributed by atoms with Crippen LogP contribution in [0.15, 0.2) is 78.9 Å². The van der Waals surface area contributed by atoms with E-state index in [0.29, 0.717) is 17.2 Å². The van der Waals surface area contributed by atoms with E-state index < -0.39 is 6.04 Å². The second kappa shape index (κ2) is 13.3. The van der Waals surface area contributed by atoms with Crippen molar-refractivity contribution in [2.24, 2.45) is 0 Å². The van der Waals surface area contributed by atoms with Gasteiger partial charge >= 0.3 is 0 Å². The minimum atomic E-state index is -0.696. The summed E-state index contributed by atoms with van der Waals surface area (Å²) in [5.74, 6) is 0.226. The highest BCUT2D eigenvalue weighted by Crippen LogP contribution is 2.23. The molecule has 5 nitrogen and oxygen atoms in total. The third kappa shape index (κ3) is 7.59. The summed E-state index contributed by atoms with van der Waals surface area (Å²) in [7, 11) is 0. The molecule has 0 bridgehead atoms. The standard InChI is InChI=1S/C31H35ClN2O3/c1-2-23-16-18-27(19-17-23)37-22-30(35)34(21-25-12-6-9-15-28(25)32)29(20-24-10-4-3-5-11-24)31(36)33-26-13-7-8-14-26/h3-6,9-12,15-19,26,29H,2,7-8,13-14,20-22H2,1H3,(H,33,36). The monoisotopic (exact) mass is 518 g/mol. The normalized spacial score (nSPS) is 14.2. The average molecular weight is 519 g/mol. The lowest BCUT2D eigenvalue weighted by Gasteiger charge is -2.32. The van der Waals surface area contributed by atoms with Crippen LogP contribution in [0.3, 0.4) is 0 Å². The molecule has 4 rings (SSSR count). The van der Waals surface area contributed by atoms with Crippen LogP contribution in [0.4, 0.5) is 0 Å². The smallest absolute Gasteiger partial charge is 0.261 e. The van der Waals surface area contributed by atoms with E-state index in [1.165, 1.54) is 5.56 Å². The fraction of sp³-hybridized carbons (Fsp3) is 0.355. The van der Waals surface area contributed by atoms with Gasteiger partial charge in [0.25, 0.3) is 5.91 Å². The molecule has 6 heteroatoms. The molecule has 1 aliphatic carbocycles. The van der Waals surface area contributed by atoms with Crippen molar-refractivity contribution in [1.82, 2.24) is 10.2 Å². The maximum atomic E-state index is 13.7. The second-order valence-electron chi connectivity index (χ2n) is 9.59. The number of nitrogens with zero attached hydrogens (tertiary/aromatic N) is 1. The Balaban J connectivity index is 1.60. The lowest BCUT2D eigenvalue weighted by atomic mass is 10.0. The Labute approximate surface area is 224 Å². The summed E-state index contributed by atoms with van der Waals surface area (Å²) in [4.78, 5) is 29.0. The quantitative estimate of drug-likeness (QED) is 0.339. The van der Waals surface area contributed by atoms with Crippen molar-refractivity contribution in [1.29, 1.82) is 0 Å². The fourth-order valence-corrected chi connectivity index (χ4v) is 4.98. The van der Waals surface area contributed by atoms with Gasteiger partial charge in [-0.25, -0.2) is 0 Å². The van der Waals surface area contributed by atoms with Crippen LogP contribution in [0, 0.1) is 0 Å². The number of nitrogens with one attached hydrogen (secondary N) is 1. The highest BCUT2D eigenvalue weighted by Gasteiger charge is 2.32. The van der Waals surface area contributed by atoms with Crippen molar-refractivity contribution < 1.29 is 14.3 Å². The maximum Gasteiger partial charge on any atom is 0.261 e. The molecule has 3 aromatic rings. The predicted molar refractivity (Wildman–Crippen MR) is 148 cm³/mol. The molecular weight excluding hydrogens is 484 g/mol. The van der Waals surface area contributed by atoms with Crippen molar-refractivity contribution in [3.05, 3.63) is 101 Å². The molecule has 1 fully saturated rings. The lowest BCUT2D eigenvalue weighted by molar-refractivity contribution is -0.143. The Morgan fingerprint density at radius 2 is 1.62 bits per heavy atom. The lowest BCUT2D eigenvalue weighted by Crippen LogP contribution is -2.53. The molecule has 0 aliphatic heterocycles. The van der Waals surface area contributed by atoms with E-state index in [-0.39, 0.29) is 31.0 Å². The molecule has 1 aliphatic rings. The third-order valence-electron chi connectivity index (χ3n) is 6.97. The zero-order chi connectivity index (χ0) is 26.0. The Hall–Kier alpha value is -3.31.